The zero-order chi connectivity index (χ0) is 14.8. The highest BCUT2D eigenvalue weighted by molar-refractivity contribution is 7.51. The maximum Gasteiger partial charge on any atom is 0.350 e. The van der Waals surface area contributed by atoms with E-state index in [1.807, 2.05) is 0 Å². The summed E-state index contributed by atoms with van der Waals surface area (Å²) in [7, 11) is -4.31. The number of nitrogens with one attached hydrogen (secondary N) is 1. The van der Waals surface area contributed by atoms with Crippen LogP contribution >= 0.6 is 7.60 Å². The number of aromatic nitrogens is 4. The zero-order valence-corrected chi connectivity index (χ0v) is 11.1. The van der Waals surface area contributed by atoms with E-state index in [1.165, 1.54) is 17.2 Å². The van der Waals surface area contributed by atoms with Gasteiger partial charge in [-0.2, -0.15) is 0 Å². The SMILES string of the molecule is O=c1[nH]cnc2c1ncn2C[C@@H](CO)OCP(=O)(O)O. The van der Waals surface area contributed by atoms with Gasteiger partial charge in [0.15, 0.2) is 11.2 Å². The number of aliphatic hydroxyl groups is 1. The van der Waals surface area contributed by atoms with Crippen LogP contribution in [0.1, 0.15) is 0 Å². The molecule has 20 heavy (non-hydrogen) atoms. The predicted octanol–water partition coefficient (Wildman–Crippen LogP) is -1.37. The molecule has 10 nitrogen and oxygen atoms in total. The van der Waals surface area contributed by atoms with Gasteiger partial charge in [-0.3, -0.25) is 9.36 Å². The Balaban J connectivity index is 2.16. The molecule has 0 saturated carbocycles. The van der Waals surface area contributed by atoms with Gasteiger partial charge in [-0.05, 0) is 0 Å². The van der Waals surface area contributed by atoms with Crippen molar-refractivity contribution in [1.82, 2.24) is 19.5 Å². The molecule has 110 valence electrons. The zero-order valence-electron chi connectivity index (χ0n) is 10.2. The van der Waals surface area contributed by atoms with Crippen molar-refractivity contribution in [3.63, 3.8) is 0 Å². The van der Waals surface area contributed by atoms with E-state index in [0.29, 0.717) is 5.65 Å². The fourth-order valence-corrected chi connectivity index (χ4v) is 2.02. The second-order valence-electron chi connectivity index (χ2n) is 4.07. The van der Waals surface area contributed by atoms with Gasteiger partial charge in [0.1, 0.15) is 6.35 Å². The molecule has 0 spiro atoms. The largest absolute Gasteiger partial charge is 0.394 e. The first-order valence-electron chi connectivity index (χ1n) is 5.56. The highest BCUT2D eigenvalue weighted by atomic mass is 31.2. The summed E-state index contributed by atoms with van der Waals surface area (Å²) >= 11 is 0. The van der Waals surface area contributed by atoms with Crippen molar-refractivity contribution in [2.45, 2.75) is 12.6 Å². The second kappa shape index (κ2) is 5.81. The van der Waals surface area contributed by atoms with Crippen molar-refractivity contribution in [2.24, 2.45) is 0 Å². The molecule has 0 aromatic carbocycles. The van der Waals surface area contributed by atoms with Gasteiger partial charge in [0.2, 0.25) is 0 Å². The lowest BCUT2D eigenvalue weighted by atomic mass is 10.3. The minimum Gasteiger partial charge on any atom is -0.394 e. The van der Waals surface area contributed by atoms with Crippen LogP contribution < -0.4 is 5.56 Å². The van der Waals surface area contributed by atoms with E-state index >= 15 is 0 Å². The van der Waals surface area contributed by atoms with Gasteiger partial charge in [0, 0.05) is 0 Å². The number of fused-ring (bicyclic) bond motifs is 1. The molecule has 0 unspecified atom stereocenters. The van der Waals surface area contributed by atoms with Crippen LogP contribution in [-0.4, -0.2) is 53.5 Å². The molecule has 2 aromatic heterocycles. The number of hydrogen-bond donors (Lipinski definition) is 4. The highest BCUT2D eigenvalue weighted by Gasteiger charge is 2.19. The van der Waals surface area contributed by atoms with Crippen LogP contribution in [0.4, 0.5) is 0 Å². The fourth-order valence-electron chi connectivity index (χ4n) is 1.61. The second-order valence-corrected chi connectivity index (χ2v) is 5.65. The topological polar surface area (TPSA) is 151 Å². The number of H-pyrrole nitrogens is 1. The molecular weight excluding hydrogens is 291 g/mol. The van der Waals surface area contributed by atoms with E-state index in [0.717, 1.165) is 0 Å². The lowest BCUT2D eigenvalue weighted by Gasteiger charge is -2.16. The van der Waals surface area contributed by atoms with Gasteiger partial charge < -0.3 is 29.2 Å². The van der Waals surface area contributed by atoms with E-state index in [1.54, 1.807) is 0 Å². The van der Waals surface area contributed by atoms with Crippen LogP contribution in [0.5, 0.6) is 0 Å². The van der Waals surface area contributed by atoms with Crippen molar-refractivity contribution >= 4 is 18.8 Å². The normalized spacial score (nSPS) is 13.8. The van der Waals surface area contributed by atoms with Gasteiger partial charge >= 0.3 is 7.60 Å². The van der Waals surface area contributed by atoms with Gasteiger partial charge in [0.05, 0.1) is 31.9 Å². The third kappa shape index (κ3) is 3.50. The van der Waals surface area contributed by atoms with Crippen molar-refractivity contribution in [3.8, 4) is 0 Å². The monoisotopic (exact) mass is 304 g/mol. The Bertz CT molecular complexity index is 691. The van der Waals surface area contributed by atoms with E-state index in [2.05, 4.69) is 15.0 Å². The molecule has 0 fully saturated rings. The highest BCUT2D eigenvalue weighted by Crippen LogP contribution is 2.34. The Morgan fingerprint density at radius 3 is 2.85 bits per heavy atom. The van der Waals surface area contributed by atoms with Crippen LogP contribution in [0.25, 0.3) is 11.2 Å². The molecule has 1 atom stereocenters. The molecule has 0 aliphatic rings. The molecule has 2 rings (SSSR count). The molecule has 2 aromatic rings. The Morgan fingerprint density at radius 2 is 2.20 bits per heavy atom. The van der Waals surface area contributed by atoms with E-state index in [-0.39, 0.29) is 12.1 Å². The summed E-state index contributed by atoms with van der Waals surface area (Å²) in [6, 6.07) is 0. The Hall–Kier alpha value is -1.58. The van der Waals surface area contributed by atoms with Crippen LogP contribution in [0, 0.1) is 0 Å². The third-order valence-electron chi connectivity index (χ3n) is 2.49. The average Bonchev–Trinajstić information content (AvgIpc) is 2.78. The lowest BCUT2D eigenvalue weighted by molar-refractivity contribution is 0.0202. The molecule has 2 heterocycles. The fraction of sp³-hybridized carbons (Fsp3) is 0.444. The molecule has 11 heteroatoms. The van der Waals surface area contributed by atoms with Crippen LogP contribution in [-0.2, 0) is 15.8 Å². The number of ether oxygens (including phenoxy) is 1. The minimum absolute atomic E-state index is 0.0590. The minimum atomic E-state index is -4.31. The van der Waals surface area contributed by atoms with Crippen molar-refractivity contribution in [2.75, 3.05) is 13.0 Å². The molecule has 0 aliphatic carbocycles. The van der Waals surface area contributed by atoms with Crippen molar-refractivity contribution in [1.29, 1.82) is 0 Å². The summed E-state index contributed by atoms with van der Waals surface area (Å²) in [5, 5.41) is 9.15. The molecule has 4 N–H and O–H groups in total. The quantitative estimate of drug-likeness (QED) is 0.477. The Morgan fingerprint density at radius 1 is 1.45 bits per heavy atom. The molecular formula is C9H13N4O6P. The van der Waals surface area contributed by atoms with Crippen molar-refractivity contribution in [3.05, 3.63) is 23.0 Å². The van der Waals surface area contributed by atoms with Crippen LogP contribution in [0.2, 0.25) is 0 Å². The Labute approximate surface area is 112 Å². The number of aliphatic hydroxyl groups excluding tert-OH is 1. The molecule has 0 aliphatic heterocycles. The number of hydrogen-bond acceptors (Lipinski definition) is 6. The van der Waals surface area contributed by atoms with Crippen LogP contribution in [0.15, 0.2) is 17.4 Å². The summed E-state index contributed by atoms with van der Waals surface area (Å²) in [5.41, 5.74) is 0.0385. The standard InChI is InChI=1S/C9H13N4O6P/c14-2-6(19-5-20(16,17)18)1-13-4-12-7-8(13)10-3-11-9(7)15/h3-4,6,14H,1-2,5H2,(H,10,11,15)(H2,16,17,18)/t6-/m0/s1. The number of rotatable bonds is 6. The summed E-state index contributed by atoms with van der Waals surface area (Å²) in [6.07, 6.45) is 0.920. The van der Waals surface area contributed by atoms with Gasteiger partial charge in [-0.25, -0.2) is 9.97 Å². The molecule has 0 radical (unpaired) electrons. The summed E-state index contributed by atoms with van der Waals surface area (Å²) < 4.78 is 17.1. The molecule has 0 saturated heterocycles. The summed E-state index contributed by atoms with van der Waals surface area (Å²) in [5.74, 6) is 0. The first-order valence-corrected chi connectivity index (χ1v) is 7.36. The van der Waals surface area contributed by atoms with Gasteiger partial charge in [-0.15, -0.1) is 0 Å². The van der Waals surface area contributed by atoms with E-state index in [4.69, 9.17) is 19.6 Å². The molecule has 0 bridgehead atoms. The summed E-state index contributed by atoms with van der Waals surface area (Å²) in [6.45, 7) is -0.383. The Kier molecular flexibility index (Phi) is 4.31. The maximum atomic E-state index is 11.4. The first kappa shape index (κ1) is 14.8. The van der Waals surface area contributed by atoms with Gasteiger partial charge in [0.25, 0.3) is 5.56 Å². The number of imidazole rings is 1. The maximum absolute atomic E-state index is 11.4. The van der Waals surface area contributed by atoms with E-state index < -0.39 is 32.2 Å². The number of aromatic amines is 1. The van der Waals surface area contributed by atoms with Crippen molar-refractivity contribution < 1.29 is 24.2 Å². The van der Waals surface area contributed by atoms with Crippen LogP contribution in [0.3, 0.4) is 0 Å². The first-order chi connectivity index (χ1) is 9.40. The van der Waals surface area contributed by atoms with E-state index in [9.17, 15) is 9.36 Å². The number of nitrogens with zero attached hydrogens (tertiary/aromatic N) is 3. The molecule has 0 amide bonds. The van der Waals surface area contributed by atoms with Gasteiger partial charge in [-0.1, -0.05) is 0 Å². The lowest BCUT2D eigenvalue weighted by Crippen LogP contribution is -2.24. The smallest absolute Gasteiger partial charge is 0.350 e. The third-order valence-corrected chi connectivity index (χ3v) is 2.98. The average molecular weight is 304 g/mol. The predicted molar refractivity (Wildman–Crippen MR) is 67.0 cm³/mol. The summed E-state index contributed by atoms with van der Waals surface area (Å²) in [4.78, 5) is 39.1.